The summed E-state index contributed by atoms with van der Waals surface area (Å²) in [7, 11) is -1.40. The van der Waals surface area contributed by atoms with Crippen molar-refractivity contribution in [3.8, 4) is 0 Å². The highest BCUT2D eigenvalue weighted by atomic mass is 28.4. The van der Waals surface area contributed by atoms with Crippen molar-refractivity contribution in [2.24, 2.45) is 5.92 Å². The number of hydrogen-bond acceptors (Lipinski definition) is 5. The van der Waals surface area contributed by atoms with Gasteiger partial charge in [0.2, 0.25) is 0 Å². The summed E-state index contributed by atoms with van der Waals surface area (Å²) in [6.07, 6.45) is 1.10. The Morgan fingerprint density at radius 1 is 0.591 bits per heavy atom. The van der Waals surface area contributed by atoms with Crippen LogP contribution in [0.4, 0.5) is 0 Å². The van der Waals surface area contributed by atoms with Gasteiger partial charge in [0.05, 0.1) is 52.9 Å². The van der Waals surface area contributed by atoms with Crippen molar-refractivity contribution in [3.05, 3.63) is 0 Å². The van der Waals surface area contributed by atoms with Crippen LogP contribution in [-0.4, -0.2) is 67.8 Å². The van der Waals surface area contributed by atoms with Crippen LogP contribution in [0.1, 0.15) is 20.3 Å². The quantitative estimate of drug-likeness (QED) is 0.320. The third-order valence-corrected chi connectivity index (χ3v) is 3.79. The van der Waals surface area contributed by atoms with Gasteiger partial charge in [-0.2, -0.15) is 0 Å². The molecule has 0 fully saturated rings. The van der Waals surface area contributed by atoms with Gasteiger partial charge in [0, 0.05) is 6.61 Å². The van der Waals surface area contributed by atoms with Crippen LogP contribution in [0.2, 0.25) is 19.6 Å². The zero-order valence-corrected chi connectivity index (χ0v) is 16.2. The summed E-state index contributed by atoms with van der Waals surface area (Å²) in [5.74, 6) is 0.693. The third kappa shape index (κ3) is 20.0. The summed E-state index contributed by atoms with van der Waals surface area (Å²) >= 11 is 0. The topological polar surface area (TPSA) is 46.2 Å². The van der Waals surface area contributed by atoms with Gasteiger partial charge in [-0.15, -0.1) is 0 Å². The van der Waals surface area contributed by atoms with E-state index < -0.39 is 8.32 Å². The lowest BCUT2D eigenvalue weighted by Gasteiger charge is -2.16. The fourth-order valence-electron chi connectivity index (χ4n) is 1.49. The first-order valence-corrected chi connectivity index (χ1v) is 11.8. The van der Waals surface area contributed by atoms with E-state index in [2.05, 4.69) is 33.5 Å². The normalized spacial score (nSPS) is 12.3. The second kappa shape index (κ2) is 14.6. The van der Waals surface area contributed by atoms with Crippen molar-refractivity contribution in [1.82, 2.24) is 0 Å². The van der Waals surface area contributed by atoms with Gasteiger partial charge >= 0.3 is 0 Å². The minimum Gasteiger partial charge on any atom is -0.415 e. The summed E-state index contributed by atoms with van der Waals surface area (Å²) in [5.41, 5.74) is 0. The first-order valence-electron chi connectivity index (χ1n) is 8.37. The van der Waals surface area contributed by atoms with Gasteiger partial charge in [-0.25, -0.2) is 0 Å². The maximum Gasteiger partial charge on any atom is 0.183 e. The van der Waals surface area contributed by atoms with Crippen LogP contribution in [-0.2, 0) is 23.4 Å². The molecule has 0 unspecified atom stereocenters. The van der Waals surface area contributed by atoms with Gasteiger partial charge in [0.1, 0.15) is 0 Å². The Kier molecular flexibility index (Phi) is 14.6. The van der Waals surface area contributed by atoms with Crippen molar-refractivity contribution in [3.63, 3.8) is 0 Å². The minimum atomic E-state index is -1.40. The SMILES string of the molecule is CC(C)CCOCCOCCOCCOCCO[Si](C)(C)C. The molecule has 5 nitrogen and oxygen atoms in total. The second-order valence-electron chi connectivity index (χ2n) is 6.59. The van der Waals surface area contributed by atoms with E-state index in [1.807, 2.05) is 0 Å². The first-order chi connectivity index (χ1) is 10.4. The zero-order valence-electron chi connectivity index (χ0n) is 15.2. The monoisotopic (exact) mass is 336 g/mol. The molecule has 0 amide bonds. The number of ether oxygens (including phenoxy) is 4. The molecular weight excluding hydrogens is 300 g/mol. The number of hydrogen-bond donors (Lipinski definition) is 0. The van der Waals surface area contributed by atoms with E-state index >= 15 is 0 Å². The summed E-state index contributed by atoms with van der Waals surface area (Å²) in [4.78, 5) is 0. The summed E-state index contributed by atoms with van der Waals surface area (Å²) < 4.78 is 27.4. The molecule has 22 heavy (non-hydrogen) atoms. The zero-order chi connectivity index (χ0) is 16.7. The summed E-state index contributed by atoms with van der Waals surface area (Å²) in [6, 6.07) is 0. The Bertz CT molecular complexity index is 231. The van der Waals surface area contributed by atoms with E-state index in [1.54, 1.807) is 0 Å². The van der Waals surface area contributed by atoms with E-state index in [9.17, 15) is 0 Å². The molecule has 0 aromatic carbocycles. The largest absolute Gasteiger partial charge is 0.415 e. The van der Waals surface area contributed by atoms with Gasteiger partial charge in [0.15, 0.2) is 8.32 Å². The Balaban J connectivity index is 3.03. The molecule has 0 aromatic heterocycles. The molecule has 0 radical (unpaired) electrons. The molecule has 0 heterocycles. The molecule has 134 valence electrons. The van der Waals surface area contributed by atoms with Crippen LogP contribution in [0.25, 0.3) is 0 Å². The van der Waals surface area contributed by atoms with Crippen molar-refractivity contribution in [1.29, 1.82) is 0 Å². The van der Waals surface area contributed by atoms with Crippen molar-refractivity contribution in [2.45, 2.75) is 39.9 Å². The average Bonchev–Trinajstić information content (AvgIpc) is 2.41. The van der Waals surface area contributed by atoms with Crippen molar-refractivity contribution >= 4 is 8.32 Å². The lowest BCUT2D eigenvalue weighted by Crippen LogP contribution is -2.27. The predicted molar refractivity (Wildman–Crippen MR) is 92.0 cm³/mol. The lowest BCUT2D eigenvalue weighted by atomic mass is 10.1. The molecule has 0 aliphatic heterocycles. The Morgan fingerprint density at radius 3 is 1.32 bits per heavy atom. The Morgan fingerprint density at radius 2 is 0.955 bits per heavy atom. The smallest absolute Gasteiger partial charge is 0.183 e. The van der Waals surface area contributed by atoms with Gasteiger partial charge in [0.25, 0.3) is 0 Å². The molecule has 0 saturated heterocycles. The highest BCUT2D eigenvalue weighted by molar-refractivity contribution is 6.69. The van der Waals surface area contributed by atoms with Crippen LogP contribution < -0.4 is 0 Å². The Hall–Kier alpha value is 0.0169. The molecule has 0 rings (SSSR count). The van der Waals surface area contributed by atoms with E-state index in [0.29, 0.717) is 58.8 Å². The summed E-state index contributed by atoms with van der Waals surface area (Å²) in [5, 5.41) is 0. The van der Waals surface area contributed by atoms with Crippen molar-refractivity contribution in [2.75, 3.05) is 59.5 Å². The molecule has 0 atom stereocenters. The maximum absolute atomic E-state index is 5.68. The van der Waals surface area contributed by atoms with Crippen LogP contribution in [0, 0.1) is 5.92 Å². The minimum absolute atomic E-state index is 0.598. The highest BCUT2D eigenvalue weighted by Gasteiger charge is 2.12. The molecule has 0 aliphatic rings. The molecule has 0 aliphatic carbocycles. The molecule has 0 saturated carbocycles. The predicted octanol–water partition coefficient (Wildman–Crippen LogP) is 2.95. The third-order valence-electron chi connectivity index (χ3n) is 2.72. The van der Waals surface area contributed by atoms with Crippen LogP contribution in [0.3, 0.4) is 0 Å². The molecule has 0 spiro atoms. The second-order valence-corrected chi connectivity index (χ2v) is 11.1. The van der Waals surface area contributed by atoms with E-state index in [1.165, 1.54) is 0 Å². The standard InChI is InChI=1S/C16H36O5Si/c1-16(2)6-7-17-8-9-18-10-11-19-12-13-20-14-15-21-22(3,4)5/h16H,6-15H2,1-5H3. The fraction of sp³-hybridized carbons (Fsp3) is 1.00. The first kappa shape index (κ1) is 22.0. The van der Waals surface area contributed by atoms with Gasteiger partial charge in [-0.05, 0) is 32.0 Å². The average molecular weight is 337 g/mol. The molecule has 0 aromatic rings. The fourth-order valence-corrected chi connectivity index (χ4v) is 2.18. The highest BCUT2D eigenvalue weighted by Crippen LogP contribution is 2.01. The molecule has 0 bridgehead atoms. The maximum atomic E-state index is 5.68. The van der Waals surface area contributed by atoms with Crippen LogP contribution >= 0.6 is 0 Å². The van der Waals surface area contributed by atoms with E-state index in [0.717, 1.165) is 13.0 Å². The lowest BCUT2D eigenvalue weighted by molar-refractivity contribution is -0.00561. The number of rotatable bonds is 16. The summed E-state index contributed by atoms with van der Waals surface area (Å²) in [6.45, 7) is 16.7. The molecule has 0 N–H and O–H groups in total. The Labute approximate surface area is 137 Å². The van der Waals surface area contributed by atoms with Gasteiger partial charge in [-0.3, -0.25) is 0 Å². The van der Waals surface area contributed by atoms with E-state index in [-0.39, 0.29) is 0 Å². The molecular formula is C16H36O5Si. The van der Waals surface area contributed by atoms with Gasteiger partial charge in [-0.1, -0.05) is 13.8 Å². The molecule has 6 heteroatoms. The van der Waals surface area contributed by atoms with Crippen LogP contribution in [0.15, 0.2) is 0 Å². The van der Waals surface area contributed by atoms with E-state index in [4.69, 9.17) is 23.4 Å². The van der Waals surface area contributed by atoms with Crippen LogP contribution in [0.5, 0.6) is 0 Å². The van der Waals surface area contributed by atoms with Crippen molar-refractivity contribution < 1.29 is 23.4 Å². The van der Waals surface area contributed by atoms with Gasteiger partial charge < -0.3 is 23.4 Å².